The molecular formula is C15H20N4O4. The Hall–Kier alpha value is -2.90. The van der Waals surface area contributed by atoms with Crippen molar-refractivity contribution in [3.63, 3.8) is 0 Å². The van der Waals surface area contributed by atoms with Crippen molar-refractivity contribution in [2.24, 2.45) is 15.5 Å². The van der Waals surface area contributed by atoms with E-state index < -0.39 is 5.91 Å². The van der Waals surface area contributed by atoms with E-state index >= 15 is 0 Å². The lowest BCUT2D eigenvalue weighted by Crippen LogP contribution is -2.28. The van der Waals surface area contributed by atoms with Gasteiger partial charge in [0.15, 0.2) is 11.5 Å². The van der Waals surface area contributed by atoms with E-state index in [1.807, 2.05) is 0 Å². The number of amides is 1. The standard InChI is InChI=1S/C15H20N4O4/c1-10(17-21-4)11(2)18-23-13-9-7-6-8-12(13)14(19-22-5)15(20)16-3/h6-9H,1-5H3,(H,16,20). The summed E-state index contributed by atoms with van der Waals surface area (Å²) in [6.07, 6.45) is 0. The molecule has 0 aliphatic rings. The maximum atomic E-state index is 11.9. The summed E-state index contributed by atoms with van der Waals surface area (Å²) >= 11 is 0. The molecular weight excluding hydrogens is 300 g/mol. The summed E-state index contributed by atoms with van der Waals surface area (Å²) in [4.78, 5) is 26.8. The van der Waals surface area contributed by atoms with Gasteiger partial charge >= 0.3 is 0 Å². The molecule has 1 aromatic rings. The highest BCUT2D eigenvalue weighted by Crippen LogP contribution is 2.19. The Kier molecular flexibility index (Phi) is 7.25. The fourth-order valence-electron chi connectivity index (χ4n) is 1.55. The van der Waals surface area contributed by atoms with Gasteiger partial charge in [0.05, 0.1) is 5.56 Å². The fourth-order valence-corrected chi connectivity index (χ4v) is 1.55. The van der Waals surface area contributed by atoms with E-state index in [1.54, 1.807) is 38.1 Å². The molecule has 0 unspecified atom stereocenters. The minimum absolute atomic E-state index is 0.0840. The number of hydrogen-bond donors (Lipinski definition) is 1. The molecule has 0 fully saturated rings. The van der Waals surface area contributed by atoms with Crippen molar-refractivity contribution in [1.29, 1.82) is 0 Å². The van der Waals surface area contributed by atoms with Crippen LogP contribution in [0.3, 0.4) is 0 Å². The maximum Gasteiger partial charge on any atom is 0.273 e. The molecule has 8 nitrogen and oxygen atoms in total. The molecule has 1 aromatic carbocycles. The zero-order valence-corrected chi connectivity index (χ0v) is 13.8. The quantitative estimate of drug-likeness (QED) is 0.609. The first-order chi connectivity index (χ1) is 11.0. The zero-order valence-electron chi connectivity index (χ0n) is 13.8. The molecule has 0 aliphatic carbocycles. The summed E-state index contributed by atoms with van der Waals surface area (Å²) in [7, 11) is 4.31. The van der Waals surface area contributed by atoms with Crippen LogP contribution in [-0.2, 0) is 14.5 Å². The Labute approximate surface area is 134 Å². The molecule has 0 atom stereocenters. The number of oxime groups is 3. The normalized spacial score (nSPS) is 12.7. The highest BCUT2D eigenvalue weighted by molar-refractivity contribution is 6.45. The topological polar surface area (TPSA) is 93.9 Å². The lowest BCUT2D eigenvalue weighted by atomic mass is 10.1. The van der Waals surface area contributed by atoms with Gasteiger partial charge in [0, 0.05) is 7.05 Å². The van der Waals surface area contributed by atoms with Crippen LogP contribution >= 0.6 is 0 Å². The van der Waals surface area contributed by atoms with Gasteiger partial charge in [0.1, 0.15) is 25.6 Å². The third-order valence-corrected chi connectivity index (χ3v) is 2.80. The number of rotatable bonds is 7. The Morgan fingerprint density at radius 2 is 1.61 bits per heavy atom. The Balaban J connectivity index is 3.15. The number of nitrogens with one attached hydrogen (secondary N) is 1. The number of likely N-dealkylation sites (N-methyl/N-ethyl adjacent to an activating group) is 1. The Bertz CT molecular complexity index is 638. The maximum absolute atomic E-state index is 11.9. The zero-order chi connectivity index (χ0) is 17.2. The molecule has 1 rings (SSSR count). The van der Waals surface area contributed by atoms with Crippen LogP contribution in [0.2, 0.25) is 0 Å². The van der Waals surface area contributed by atoms with Crippen molar-refractivity contribution in [3.8, 4) is 5.75 Å². The van der Waals surface area contributed by atoms with Crippen LogP contribution in [0.15, 0.2) is 39.7 Å². The van der Waals surface area contributed by atoms with E-state index in [0.29, 0.717) is 22.7 Å². The van der Waals surface area contributed by atoms with Crippen LogP contribution in [0.4, 0.5) is 0 Å². The molecule has 1 N–H and O–H groups in total. The largest absolute Gasteiger partial charge is 0.399 e. The predicted molar refractivity (Wildman–Crippen MR) is 87.9 cm³/mol. The highest BCUT2D eigenvalue weighted by Gasteiger charge is 2.18. The molecule has 0 bridgehead atoms. The van der Waals surface area contributed by atoms with Crippen molar-refractivity contribution < 1.29 is 19.3 Å². The SMILES string of the molecule is CNC(=O)C(=NOC)c1ccccc1ON=C(C)C(C)=NOC. The van der Waals surface area contributed by atoms with Gasteiger partial charge in [-0.2, -0.15) is 0 Å². The average Bonchev–Trinajstić information content (AvgIpc) is 2.57. The molecule has 0 saturated heterocycles. The van der Waals surface area contributed by atoms with Gasteiger partial charge in [0.2, 0.25) is 0 Å². The van der Waals surface area contributed by atoms with Crippen molar-refractivity contribution in [2.45, 2.75) is 13.8 Å². The molecule has 0 aliphatic heterocycles. The second-order valence-corrected chi connectivity index (χ2v) is 4.33. The Morgan fingerprint density at radius 1 is 1.00 bits per heavy atom. The van der Waals surface area contributed by atoms with Crippen LogP contribution in [-0.4, -0.2) is 44.3 Å². The van der Waals surface area contributed by atoms with Crippen molar-refractivity contribution in [2.75, 3.05) is 21.3 Å². The highest BCUT2D eigenvalue weighted by atomic mass is 16.6. The molecule has 0 radical (unpaired) electrons. The number of benzene rings is 1. The molecule has 0 heterocycles. The predicted octanol–water partition coefficient (Wildman–Crippen LogP) is 1.56. The van der Waals surface area contributed by atoms with Gasteiger partial charge < -0.3 is 19.8 Å². The van der Waals surface area contributed by atoms with Gasteiger partial charge in [-0.1, -0.05) is 27.6 Å². The lowest BCUT2D eigenvalue weighted by Gasteiger charge is -2.09. The monoisotopic (exact) mass is 320 g/mol. The minimum atomic E-state index is -0.402. The molecule has 23 heavy (non-hydrogen) atoms. The third-order valence-electron chi connectivity index (χ3n) is 2.80. The number of carbonyl (C=O) groups excluding carboxylic acids is 1. The van der Waals surface area contributed by atoms with Gasteiger partial charge in [-0.3, -0.25) is 4.79 Å². The van der Waals surface area contributed by atoms with Gasteiger partial charge in [-0.15, -0.1) is 0 Å². The molecule has 1 amide bonds. The summed E-state index contributed by atoms with van der Waals surface area (Å²) in [5.74, 6) is -0.0443. The van der Waals surface area contributed by atoms with Crippen molar-refractivity contribution >= 4 is 23.0 Å². The van der Waals surface area contributed by atoms with E-state index in [2.05, 4.69) is 25.6 Å². The van der Waals surface area contributed by atoms with E-state index in [9.17, 15) is 4.79 Å². The number of nitrogens with zero attached hydrogens (tertiary/aromatic N) is 3. The smallest absolute Gasteiger partial charge is 0.273 e. The van der Waals surface area contributed by atoms with E-state index in [0.717, 1.165) is 0 Å². The summed E-state index contributed by atoms with van der Waals surface area (Å²) in [6.45, 7) is 3.46. The summed E-state index contributed by atoms with van der Waals surface area (Å²) < 4.78 is 0. The first-order valence-corrected chi connectivity index (χ1v) is 6.77. The van der Waals surface area contributed by atoms with E-state index in [-0.39, 0.29) is 5.71 Å². The van der Waals surface area contributed by atoms with Gasteiger partial charge in [-0.25, -0.2) is 0 Å². The molecule has 0 saturated carbocycles. The van der Waals surface area contributed by atoms with Crippen LogP contribution < -0.4 is 10.2 Å². The second kappa shape index (κ2) is 9.19. The van der Waals surface area contributed by atoms with Gasteiger partial charge in [0.25, 0.3) is 5.91 Å². The van der Waals surface area contributed by atoms with Gasteiger partial charge in [-0.05, 0) is 26.0 Å². The first-order valence-electron chi connectivity index (χ1n) is 6.77. The molecule has 0 spiro atoms. The van der Waals surface area contributed by atoms with E-state index in [1.165, 1.54) is 21.3 Å². The summed E-state index contributed by atoms with van der Waals surface area (Å²) in [5.41, 5.74) is 1.64. The number of para-hydroxylation sites is 1. The summed E-state index contributed by atoms with van der Waals surface area (Å²) in [5, 5.41) is 14.0. The first kappa shape index (κ1) is 18.1. The third kappa shape index (κ3) is 5.10. The van der Waals surface area contributed by atoms with Crippen molar-refractivity contribution in [1.82, 2.24) is 5.32 Å². The average molecular weight is 320 g/mol. The van der Waals surface area contributed by atoms with E-state index in [4.69, 9.17) is 9.68 Å². The molecule has 0 aromatic heterocycles. The van der Waals surface area contributed by atoms with Crippen LogP contribution in [0, 0.1) is 0 Å². The number of carbonyl (C=O) groups is 1. The Morgan fingerprint density at radius 3 is 2.22 bits per heavy atom. The number of hydrogen-bond acceptors (Lipinski definition) is 7. The van der Waals surface area contributed by atoms with Crippen LogP contribution in [0.5, 0.6) is 5.75 Å². The lowest BCUT2D eigenvalue weighted by molar-refractivity contribution is -0.114. The molecule has 8 heteroatoms. The van der Waals surface area contributed by atoms with Crippen molar-refractivity contribution in [3.05, 3.63) is 29.8 Å². The van der Waals surface area contributed by atoms with Crippen LogP contribution in [0.25, 0.3) is 0 Å². The second-order valence-electron chi connectivity index (χ2n) is 4.33. The van der Waals surface area contributed by atoms with Crippen LogP contribution in [0.1, 0.15) is 19.4 Å². The minimum Gasteiger partial charge on any atom is -0.399 e. The molecule has 124 valence electrons. The fraction of sp³-hybridized carbons (Fsp3) is 0.333. The summed E-state index contributed by atoms with van der Waals surface area (Å²) in [6, 6.07) is 6.87.